The number of thioether (sulfide) groups is 1. The summed E-state index contributed by atoms with van der Waals surface area (Å²) in [5, 5.41) is 5.56. The topological polar surface area (TPSA) is 74.5 Å². The van der Waals surface area contributed by atoms with Crippen molar-refractivity contribution < 1.29 is 0 Å². The lowest BCUT2D eigenvalue weighted by Gasteiger charge is -2.03. The van der Waals surface area contributed by atoms with Gasteiger partial charge in [-0.25, -0.2) is 9.97 Å². The molecule has 0 saturated carbocycles. The van der Waals surface area contributed by atoms with Crippen LogP contribution in [-0.4, -0.2) is 22.3 Å². The van der Waals surface area contributed by atoms with Crippen LogP contribution in [0.5, 0.6) is 0 Å². The zero-order chi connectivity index (χ0) is 11.9. The van der Waals surface area contributed by atoms with Gasteiger partial charge in [-0.05, 0) is 23.8 Å². The predicted octanol–water partition coefficient (Wildman–Crippen LogP) is 3.42. The van der Waals surface area contributed by atoms with Crippen LogP contribution in [-0.2, 0) is 0 Å². The van der Waals surface area contributed by atoms with E-state index < -0.39 is 0 Å². The number of para-hydroxylation sites is 1. The molecule has 0 unspecified atom stereocenters. The Kier molecular flexibility index (Phi) is 4.18. The number of nitrogens with zero attached hydrogens (tertiary/aromatic N) is 5. The van der Waals surface area contributed by atoms with Crippen LogP contribution in [0.2, 0.25) is 0 Å². The standard InChI is InChI=1S/C11H11N5S/c12-16-15-6-3-7-17-11-9-4-1-2-5-10(9)13-8-14-11/h1-2,4-5,8H,3,6-7H2. The number of azide groups is 1. The molecule has 2 aromatic rings. The second kappa shape index (κ2) is 6.08. The van der Waals surface area contributed by atoms with E-state index in [1.807, 2.05) is 24.3 Å². The quantitative estimate of drug-likeness (QED) is 0.202. The molecule has 0 N–H and O–H groups in total. The van der Waals surface area contributed by atoms with Gasteiger partial charge in [-0.15, -0.1) is 11.8 Å². The first-order valence-corrected chi connectivity index (χ1v) is 6.24. The van der Waals surface area contributed by atoms with Gasteiger partial charge in [0.25, 0.3) is 0 Å². The van der Waals surface area contributed by atoms with Crippen LogP contribution in [0, 0.1) is 0 Å². The number of aromatic nitrogens is 2. The molecular weight excluding hydrogens is 234 g/mol. The van der Waals surface area contributed by atoms with Crippen LogP contribution < -0.4 is 0 Å². The first-order chi connectivity index (χ1) is 8.42. The van der Waals surface area contributed by atoms with E-state index in [-0.39, 0.29) is 0 Å². The van der Waals surface area contributed by atoms with Gasteiger partial charge in [0.15, 0.2) is 0 Å². The molecule has 0 saturated heterocycles. The summed E-state index contributed by atoms with van der Waals surface area (Å²) in [5.41, 5.74) is 9.11. The van der Waals surface area contributed by atoms with Crippen LogP contribution in [0.4, 0.5) is 0 Å². The van der Waals surface area contributed by atoms with Gasteiger partial charge in [-0.2, -0.15) is 0 Å². The van der Waals surface area contributed by atoms with Crippen molar-refractivity contribution in [3.63, 3.8) is 0 Å². The molecule has 0 aliphatic carbocycles. The lowest BCUT2D eigenvalue weighted by molar-refractivity contribution is 0.930. The highest BCUT2D eigenvalue weighted by molar-refractivity contribution is 7.99. The SMILES string of the molecule is [N-]=[N+]=NCCCSc1ncnc2ccccc12. The lowest BCUT2D eigenvalue weighted by Crippen LogP contribution is -1.89. The smallest absolute Gasteiger partial charge is 0.117 e. The van der Waals surface area contributed by atoms with Crippen LogP contribution in [0.25, 0.3) is 21.3 Å². The minimum absolute atomic E-state index is 0.534. The third kappa shape index (κ3) is 3.09. The van der Waals surface area contributed by atoms with Crippen molar-refractivity contribution in [2.24, 2.45) is 5.11 Å². The van der Waals surface area contributed by atoms with Gasteiger partial charge in [0.2, 0.25) is 0 Å². The average Bonchev–Trinajstić information content (AvgIpc) is 2.39. The number of hydrogen-bond donors (Lipinski definition) is 0. The molecule has 0 spiro atoms. The summed E-state index contributed by atoms with van der Waals surface area (Å²) in [5.74, 6) is 0.889. The average molecular weight is 245 g/mol. The normalized spacial score (nSPS) is 10.1. The summed E-state index contributed by atoms with van der Waals surface area (Å²) in [7, 11) is 0. The van der Waals surface area contributed by atoms with Gasteiger partial charge >= 0.3 is 0 Å². The van der Waals surface area contributed by atoms with E-state index in [1.165, 1.54) is 0 Å². The Bertz CT molecular complexity index is 545. The molecule has 0 atom stereocenters. The largest absolute Gasteiger partial charge is 0.236 e. The Morgan fingerprint density at radius 1 is 1.29 bits per heavy atom. The fraction of sp³-hybridized carbons (Fsp3) is 0.273. The van der Waals surface area contributed by atoms with Crippen molar-refractivity contribution in [1.82, 2.24) is 9.97 Å². The fourth-order valence-corrected chi connectivity index (χ4v) is 2.36. The molecule has 0 radical (unpaired) electrons. The molecule has 2 rings (SSSR count). The van der Waals surface area contributed by atoms with Gasteiger partial charge < -0.3 is 0 Å². The van der Waals surface area contributed by atoms with Crippen LogP contribution in [0.3, 0.4) is 0 Å². The maximum atomic E-state index is 8.15. The van der Waals surface area contributed by atoms with Gasteiger partial charge in [0, 0.05) is 16.8 Å². The first kappa shape index (κ1) is 11.7. The van der Waals surface area contributed by atoms with Crippen molar-refractivity contribution in [2.45, 2.75) is 11.4 Å². The summed E-state index contributed by atoms with van der Waals surface area (Å²) >= 11 is 1.67. The number of benzene rings is 1. The van der Waals surface area contributed by atoms with Gasteiger partial charge in [0.05, 0.1) is 5.52 Å². The van der Waals surface area contributed by atoms with E-state index in [4.69, 9.17) is 5.53 Å². The van der Waals surface area contributed by atoms with Gasteiger partial charge in [-0.3, -0.25) is 0 Å². The molecule has 1 heterocycles. The van der Waals surface area contributed by atoms with Crippen molar-refractivity contribution >= 4 is 22.7 Å². The van der Waals surface area contributed by atoms with Crippen LogP contribution in [0.15, 0.2) is 40.7 Å². The Morgan fingerprint density at radius 2 is 2.18 bits per heavy atom. The maximum Gasteiger partial charge on any atom is 0.117 e. The Hall–Kier alpha value is -1.78. The van der Waals surface area contributed by atoms with Crippen molar-refractivity contribution in [2.75, 3.05) is 12.3 Å². The monoisotopic (exact) mass is 245 g/mol. The summed E-state index contributed by atoms with van der Waals surface area (Å²) in [6.45, 7) is 0.534. The van der Waals surface area contributed by atoms with E-state index in [0.717, 1.165) is 28.1 Å². The summed E-state index contributed by atoms with van der Waals surface area (Å²) in [6, 6.07) is 7.94. The highest BCUT2D eigenvalue weighted by Crippen LogP contribution is 2.24. The zero-order valence-electron chi connectivity index (χ0n) is 9.15. The first-order valence-electron chi connectivity index (χ1n) is 5.25. The van der Waals surface area contributed by atoms with E-state index in [1.54, 1.807) is 18.1 Å². The minimum atomic E-state index is 0.534. The molecule has 0 aliphatic heterocycles. The predicted molar refractivity (Wildman–Crippen MR) is 68.9 cm³/mol. The molecule has 0 aliphatic rings. The molecule has 5 nitrogen and oxygen atoms in total. The summed E-state index contributed by atoms with van der Waals surface area (Å²) in [6.07, 6.45) is 2.44. The second-order valence-electron chi connectivity index (χ2n) is 3.35. The molecule has 1 aromatic heterocycles. The Labute approximate surface area is 103 Å². The third-order valence-electron chi connectivity index (χ3n) is 2.21. The molecule has 86 valence electrons. The molecule has 1 aromatic carbocycles. The van der Waals surface area contributed by atoms with E-state index in [0.29, 0.717) is 6.54 Å². The molecule has 17 heavy (non-hydrogen) atoms. The number of rotatable bonds is 5. The van der Waals surface area contributed by atoms with Crippen molar-refractivity contribution in [1.29, 1.82) is 0 Å². The lowest BCUT2D eigenvalue weighted by atomic mass is 10.2. The molecule has 6 heteroatoms. The second-order valence-corrected chi connectivity index (χ2v) is 4.44. The maximum absolute atomic E-state index is 8.15. The van der Waals surface area contributed by atoms with E-state index in [9.17, 15) is 0 Å². The van der Waals surface area contributed by atoms with E-state index >= 15 is 0 Å². The summed E-state index contributed by atoms with van der Waals surface area (Å²) < 4.78 is 0. The number of hydrogen-bond acceptors (Lipinski definition) is 4. The van der Waals surface area contributed by atoms with Gasteiger partial charge in [0.1, 0.15) is 11.4 Å². The third-order valence-corrected chi connectivity index (χ3v) is 3.30. The van der Waals surface area contributed by atoms with E-state index in [2.05, 4.69) is 20.0 Å². The Balaban J connectivity index is 2.05. The molecular formula is C11H11N5S. The molecule has 0 amide bonds. The highest BCUT2D eigenvalue weighted by Gasteiger charge is 2.02. The summed E-state index contributed by atoms with van der Waals surface area (Å²) in [4.78, 5) is 11.2. The fourth-order valence-electron chi connectivity index (χ4n) is 1.44. The van der Waals surface area contributed by atoms with Crippen LogP contribution in [0.1, 0.15) is 6.42 Å². The molecule has 0 fully saturated rings. The van der Waals surface area contributed by atoms with Crippen molar-refractivity contribution in [3.05, 3.63) is 41.0 Å². The zero-order valence-corrected chi connectivity index (χ0v) is 9.97. The van der Waals surface area contributed by atoms with Gasteiger partial charge in [-0.1, -0.05) is 23.3 Å². The Morgan fingerprint density at radius 3 is 3.06 bits per heavy atom. The highest BCUT2D eigenvalue weighted by atomic mass is 32.2. The van der Waals surface area contributed by atoms with Crippen molar-refractivity contribution in [3.8, 4) is 0 Å². The number of fused-ring (bicyclic) bond motifs is 1. The van der Waals surface area contributed by atoms with Crippen LogP contribution >= 0.6 is 11.8 Å². The minimum Gasteiger partial charge on any atom is -0.236 e. The molecule has 0 bridgehead atoms.